The van der Waals surface area contributed by atoms with Crippen molar-refractivity contribution in [1.82, 2.24) is 19.9 Å². The second-order valence-electron chi connectivity index (χ2n) is 8.91. The maximum Gasteiger partial charge on any atom is 0.416 e. The second-order valence-corrected chi connectivity index (χ2v) is 8.91. The van der Waals surface area contributed by atoms with E-state index in [1.54, 1.807) is 30.2 Å². The summed E-state index contributed by atoms with van der Waals surface area (Å²) in [6.07, 6.45) is 2.44. The molecular formula is C26H27F3N6O3. The summed E-state index contributed by atoms with van der Waals surface area (Å²) < 4.78 is 45.3. The topological polar surface area (TPSA) is 123 Å². The minimum Gasteiger partial charge on any atom is -0.381 e. The highest BCUT2D eigenvalue weighted by molar-refractivity contribution is 5.98. The van der Waals surface area contributed by atoms with E-state index in [4.69, 9.17) is 10.5 Å². The minimum atomic E-state index is -4.55. The molecule has 0 atom stereocenters. The van der Waals surface area contributed by atoms with Gasteiger partial charge >= 0.3 is 6.18 Å². The Hall–Kier alpha value is -4.06. The van der Waals surface area contributed by atoms with Gasteiger partial charge in [-0.05, 0) is 37.1 Å². The number of aromatic nitrogens is 3. The quantitative estimate of drug-likeness (QED) is 0.459. The van der Waals surface area contributed by atoms with Gasteiger partial charge in [-0.15, -0.1) is 0 Å². The number of nitrogens with zero attached hydrogens (tertiary/aromatic N) is 4. The molecule has 0 saturated carbocycles. The average Bonchev–Trinajstić information content (AvgIpc) is 2.91. The molecule has 1 aliphatic rings. The molecule has 3 aromatic heterocycles. The summed E-state index contributed by atoms with van der Waals surface area (Å²) in [6, 6.07) is 5.86. The molecular weight excluding hydrogens is 501 g/mol. The third-order valence-electron chi connectivity index (χ3n) is 6.40. The number of primary amides is 1. The van der Waals surface area contributed by atoms with Crippen molar-refractivity contribution in [2.45, 2.75) is 38.1 Å². The van der Waals surface area contributed by atoms with Crippen LogP contribution in [-0.2, 0) is 23.9 Å². The van der Waals surface area contributed by atoms with Crippen molar-refractivity contribution in [3.05, 3.63) is 82.7 Å². The molecule has 9 nitrogen and oxygen atoms in total. The molecule has 0 aromatic carbocycles. The third-order valence-corrected chi connectivity index (χ3v) is 6.40. The van der Waals surface area contributed by atoms with Crippen LogP contribution in [0, 0.1) is 0 Å². The van der Waals surface area contributed by atoms with Crippen molar-refractivity contribution in [2.24, 2.45) is 5.73 Å². The molecule has 0 aliphatic carbocycles. The van der Waals surface area contributed by atoms with Gasteiger partial charge in [0.25, 0.3) is 11.8 Å². The second kappa shape index (κ2) is 11.5. The number of methoxy groups -OCH3 is 1. The molecule has 0 spiro atoms. The number of nitrogens with one attached hydrogen (secondary N) is 1. The molecule has 38 heavy (non-hydrogen) atoms. The summed E-state index contributed by atoms with van der Waals surface area (Å²) in [5, 5.41) is 2.86. The number of rotatable bonds is 8. The summed E-state index contributed by atoms with van der Waals surface area (Å²) >= 11 is 0. The molecule has 3 N–H and O–H groups in total. The number of nitrogens with two attached hydrogens (primary N) is 1. The van der Waals surface area contributed by atoms with Gasteiger partial charge in [-0.1, -0.05) is 0 Å². The van der Waals surface area contributed by atoms with Crippen LogP contribution in [0.4, 0.5) is 18.9 Å². The van der Waals surface area contributed by atoms with E-state index >= 15 is 0 Å². The fraction of sp³-hybridized carbons (Fsp3) is 0.346. The highest BCUT2D eigenvalue weighted by Gasteiger charge is 2.33. The van der Waals surface area contributed by atoms with Gasteiger partial charge in [-0.2, -0.15) is 13.2 Å². The molecule has 1 saturated heterocycles. The monoisotopic (exact) mass is 528 g/mol. The van der Waals surface area contributed by atoms with Crippen LogP contribution in [0.2, 0.25) is 0 Å². The maximum absolute atomic E-state index is 13.3. The molecule has 4 heterocycles. The number of carbonyl (C=O) groups is 2. The first kappa shape index (κ1) is 27.0. The van der Waals surface area contributed by atoms with Crippen molar-refractivity contribution in [1.29, 1.82) is 0 Å². The molecule has 3 aromatic rings. The van der Waals surface area contributed by atoms with E-state index in [1.807, 2.05) is 0 Å². The standard InChI is InChI=1S/C26H27F3N6O3/c1-38-20-5-8-35(9-6-20)25(37)16-2-3-18(32-13-16)10-19-11-23(21(15-33-19)24(30)36)34-14-17-12-31-7-4-22(17)26(27,28)29/h2-4,7,11-13,15,20H,5-6,8-10,14H2,1H3,(H2,30,36)(H,33,34). The SMILES string of the molecule is COC1CCN(C(=O)c2ccc(Cc3cc(NCc4cnccc4C(F)(F)F)c(C(N)=O)cn3)nc2)CC1. The molecule has 1 fully saturated rings. The van der Waals surface area contributed by atoms with Crippen LogP contribution >= 0.6 is 0 Å². The molecule has 0 unspecified atom stereocenters. The predicted molar refractivity (Wildman–Crippen MR) is 132 cm³/mol. The number of carbonyl (C=O) groups excluding carboxylic acids is 2. The Bertz CT molecular complexity index is 1290. The van der Waals surface area contributed by atoms with Crippen LogP contribution in [0.15, 0.2) is 49.1 Å². The van der Waals surface area contributed by atoms with Crippen molar-refractivity contribution in [3.8, 4) is 0 Å². The summed E-state index contributed by atoms with van der Waals surface area (Å²) in [7, 11) is 1.67. The Kier molecular flexibility index (Phi) is 8.20. The zero-order valence-corrected chi connectivity index (χ0v) is 20.7. The van der Waals surface area contributed by atoms with Gasteiger partial charge in [0, 0.05) is 74.9 Å². The fourth-order valence-electron chi connectivity index (χ4n) is 4.29. The smallest absolute Gasteiger partial charge is 0.381 e. The number of halogens is 3. The zero-order chi connectivity index (χ0) is 27.3. The van der Waals surface area contributed by atoms with Crippen LogP contribution in [0.3, 0.4) is 0 Å². The summed E-state index contributed by atoms with van der Waals surface area (Å²) in [5.74, 6) is -0.869. The van der Waals surface area contributed by atoms with E-state index in [1.165, 1.54) is 12.4 Å². The lowest BCUT2D eigenvalue weighted by atomic mass is 10.1. The Morgan fingerprint density at radius 1 is 1.11 bits per heavy atom. The summed E-state index contributed by atoms with van der Waals surface area (Å²) in [5.41, 5.74) is 6.42. The predicted octanol–water partition coefficient (Wildman–Crippen LogP) is 3.44. The molecule has 12 heteroatoms. The van der Waals surface area contributed by atoms with E-state index in [2.05, 4.69) is 20.3 Å². The molecule has 200 valence electrons. The molecule has 2 amide bonds. The van der Waals surface area contributed by atoms with Gasteiger partial charge in [0.05, 0.1) is 28.5 Å². The molecule has 0 radical (unpaired) electrons. The lowest BCUT2D eigenvalue weighted by molar-refractivity contribution is -0.138. The van der Waals surface area contributed by atoms with Gasteiger partial charge in [-0.25, -0.2) is 0 Å². The number of piperidine rings is 1. The first-order valence-corrected chi connectivity index (χ1v) is 12.0. The number of likely N-dealkylation sites (tertiary alicyclic amines) is 1. The minimum absolute atomic E-state index is 0.0392. The number of amides is 2. The third kappa shape index (κ3) is 6.43. The number of anilines is 1. The maximum atomic E-state index is 13.3. The van der Waals surface area contributed by atoms with Gasteiger partial charge in [-0.3, -0.25) is 24.5 Å². The first-order chi connectivity index (χ1) is 18.2. The van der Waals surface area contributed by atoms with Gasteiger partial charge in [0.2, 0.25) is 0 Å². The van der Waals surface area contributed by atoms with Crippen molar-refractivity contribution in [3.63, 3.8) is 0 Å². The molecule has 4 rings (SSSR count). The zero-order valence-electron chi connectivity index (χ0n) is 20.7. The van der Waals surface area contributed by atoms with E-state index in [-0.39, 0.29) is 41.8 Å². The number of hydrogen-bond donors (Lipinski definition) is 2. The number of hydrogen-bond acceptors (Lipinski definition) is 7. The highest BCUT2D eigenvalue weighted by Crippen LogP contribution is 2.32. The normalized spacial score (nSPS) is 14.4. The van der Waals surface area contributed by atoms with Gasteiger partial charge in [0.1, 0.15) is 0 Å². The number of pyridine rings is 3. The van der Waals surface area contributed by atoms with E-state index in [0.717, 1.165) is 31.3 Å². The molecule has 0 bridgehead atoms. The Morgan fingerprint density at radius 3 is 2.47 bits per heavy atom. The Labute approximate surface area is 217 Å². The molecule has 1 aliphatic heterocycles. The summed E-state index contributed by atoms with van der Waals surface area (Å²) in [6.45, 7) is 1.01. The Balaban J connectivity index is 1.46. The fourth-order valence-corrected chi connectivity index (χ4v) is 4.29. The van der Waals surface area contributed by atoms with Gasteiger partial charge < -0.3 is 20.7 Å². The van der Waals surface area contributed by atoms with E-state index in [9.17, 15) is 22.8 Å². The number of alkyl halides is 3. The lowest BCUT2D eigenvalue weighted by Crippen LogP contribution is -2.40. The number of ether oxygens (including phenoxy) is 1. The van der Waals surface area contributed by atoms with Crippen LogP contribution in [0.25, 0.3) is 0 Å². The van der Waals surface area contributed by atoms with Crippen LogP contribution < -0.4 is 11.1 Å². The van der Waals surface area contributed by atoms with Crippen molar-refractivity contribution < 1.29 is 27.5 Å². The first-order valence-electron chi connectivity index (χ1n) is 12.0. The van der Waals surface area contributed by atoms with Crippen LogP contribution in [0.5, 0.6) is 0 Å². The van der Waals surface area contributed by atoms with E-state index in [0.29, 0.717) is 30.0 Å². The Morgan fingerprint density at radius 2 is 1.84 bits per heavy atom. The van der Waals surface area contributed by atoms with Crippen LogP contribution in [0.1, 0.15) is 56.1 Å². The largest absolute Gasteiger partial charge is 0.416 e. The summed E-state index contributed by atoms with van der Waals surface area (Å²) in [4.78, 5) is 38.9. The van der Waals surface area contributed by atoms with E-state index < -0.39 is 17.6 Å². The van der Waals surface area contributed by atoms with Crippen LogP contribution in [-0.4, -0.2) is 58.0 Å². The average molecular weight is 529 g/mol. The van der Waals surface area contributed by atoms with Gasteiger partial charge in [0.15, 0.2) is 0 Å². The lowest BCUT2D eigenvalue weighted by Gasteiger charge is -2.31. The van der Waals surface area contributed by atoms with Crippen molar-refractivity contribution >= 4 is 17.5 Å². The highest BCUT2D eigenvalue weighted by atomic mass is 19.4. The van der Waals surface area contributed by atoms with Crippen molar-refractivity contribution in [2.75, 3.05) is 25.5 Å².